The van der Waals surface area contributed by atoms with Crippen LogP contribution >= 0.6 is 0 Å². The highest BCUT2D eigenvalue weighted by atomic mass is 16.5. The molecular formula is C59H113NO5. The molecule has 0 aliphatic carbocycles. The van der Waals surface area contributed by atoms with E-state index in [-0.39, 0.29) is 18.5 Å². The minimum absolute atomic E-state index is 0.0117. The molecule has 0 heterocycles. The van der Waals surface area contributed by atoms with Gasteiger partial charge in [0, 0.05) is 12.8 Å². The molecule has 2 atom stereocenters. The lowest BCUT2D eigenvalue weighted by molar-refractivity contribution is -0.143. The average Bonchev–Trinajstić information content (AvgIpc) is 3.31. The Hall–Kier alpha value is -1.66. The maximum atomic E-state index is 12.5. The number of ether oxygens (including phenoxy) is 1. The largest absolute Gasteiger partial charge is 0.466 e. The number of hydrogen-bond acceptors (Lipinski definition) is 5. The van der Waals surface area contributed by atoms with Crippen LogP contribution in [0.1, 0.15) is 316 Å². The summed E-state index contributed by atoms with van der Waals surface area (Å²) in [4.78, 5) is 24.5. The topological polar surface area (TPSA) is 95.9 Å². The molecule has 0 saturated carbocycles. The molecule has 6 heteroatoms. The van der Waals surface area contributed by atoms with Crippen LogP contribution in [-0.4, -0.2) is 47.4 Å². The molecule has 3 N–H and O–H groups in total. The second-order valence-corrected chi connectivity index (χ2v) is 20.0. The molecule has 0 aromatic carbocycles. The number of aliphatic hydroxyl groups is 2. The van der Waals surface area contributed by atoms with Crippen molar-refractivity contribution in [1.29, 1.82) is 0 Å². The highest BCUT2D eigenvalue weighted by Gasteiger charge is 2.20. The highest BCUT2D eigenvalue weighted by Crippen LogP contribution is 2.18. The van der Waals surface area contributed by atoms with Crippen molar-refractivity contribution >= 4 is 11.9 Å². The zero-order valence-electron chi connectivity index (χ0n) is 43.7. The van der Waals surface area contributed by atoms with Crippen LogP contribution in [0.5, 0.6) is 0 Å². The highest BCUT2D eigenvalue weighted by molar-refractivity contribution is 5.76. The molecule has 0 aromatic heterocycles. The minimum Gasteiger partial charge on any atom is -0.466 e. The van der Waals surface area contributed by atoms with Gasteiger partial charge in [-0.2, -0.15) is 0 Å². The molecule has 0 aliphatic heterocycles. The molecule has 65 heavy (non-hydrogen) atoms. The summed E-state index contributed by atoms with van der Waals surface area (Å²) >= 11 is 0. The Bertz CT molecular complexity index is 1010. The van der Waals surface area contributed by atoms with Gasteiger partial charge in [-0.1, -0.05) is 276 Å². The van der Waals surface area contributed by atoms with Crippen molar-refractivity contribution in [2.75, 3.05) is 13.2 Å². The van der Waals surface area contributed by atoms with Crippen LogP contribution in [0.2, 0.25) is 0 Å². The van der Waals surface area contributed by atoms with E-state index in [4.69, 9.17) is 4.74 Å². The molecule has 0 saturated heterocycles. The van der Waals surface area contributed by atoms with E-state index in [1.807, 2.05) is 0 Å². The summed E-state index contributed by atoms with van der Waals surface area (Å²) < 4.78 is 5.46. The summed E-state index contributed by atoms with van der Waals surface area (Å²) in [7, 11) is 0. The summed E-state index contributed by atoms with van der Waals surface area (Å²) in [5, 5.41) is 23.3. The molecule has 0 aromatic rings. The van der Waals surface area contributed by atoms with Gasteiger partial charge < -0.3 is 20.3 Å². The first-order valence-electron chi connectivity index (χ1n) is 29.1. The van der Waals surface area contributed by atoms with Gasteiger partial charge in [-0.15, -0.1) is 0 Å². The number of hydrogen-bond donors (Lipinski definition) is 3. The first-order chi connectivity index (χ1) is 32.0. The fourth-order valence-electron chi connectivity index (χ4n) is 9.03. The van der Waals surface area contributed by atoms with E-state index >= 15 is 0 Å². The number of nitrogens with one attached hydrogen (secondary N) is 1. The fourth-order valence-corrected chi connectivity index (χ4v) is 9.03. The van der Waals surface area contributed by atoms with Gasteiger partial charge in [-0.3, -0.25) is 9.59 Å². The molecule has 0 bridgehead atoms. The number of amides is 1. The third-order valence-electron chi connectivity index (χ3n) is 13.5. The number of rotatable bonds is 54. The van der Waals surface area contributed by atoms with Crippen LogP contribution in [0.4, 0.5) is 0 Å². The van der Waals surface area contributed by atoms with E-state index in [1.165, 1.54) is 225 Å². The summed E-state index contributed by atoms with van der Waals surface area (Å²) in [6.45, 7) is 4.89. The lowest BCUT2D eigenvalue weighted by Gasteiger charge is -2.22. The standard InChI is InChI=1S/C59H113NO5/c1-3-5-7-9-11-13-15-17-18-19-20-21-24-28-31-35-39-43-47-51-57(62)56(55-61)60-58(63)52-48-44-40-36-32-29-25-22-23-26-30-34-38-42-46-50-54-65-59(64)53-49-45-41-37-33-27-16-14-12-10-8-6-4-2/h8,10,14,16,56-57,61-62H,3-7,9,11-13,15,17-55H2,1-2H3,(H,60,63)/b10-8-,16-14-. The first kappa shape index (κ1) is 63.3. The van der Waals surface area contributed by atoms with E-state index in [2.05, 4.69) is 43.5 Å². The number of esters is 1. The zero-order chi connectivity index (χ0) is 47.2. The van der Waals surface area contributed by atoms with Crippen molar-refractivity contribution < 1.29 is 24.5 Å². The number of allylic oxidation sites excluding steroid dienone is 4. The van der Waals surface area contributed by atoms with Crippen molar-refractivity contribution in [1.82, 2.24) is 5.32 Å². The lowest BCUT2D eigenvalue weighted by Crippen LogP contribution is -2.45. The average molecular weight is 917 g/mol. The van der Waals surface area contributed by atoms with Crippen LogP contribution in [0.15, 0.2) is 24.3 Å². The van der Waals surface area contributed by atoms with Gasteiger partial charge in [-0.25, -0.2) is 0 Å². The van der Waals surface area contributed by atoms with E-state index in [0.29, 0.717) is 25.9 Å². The molecule has 0 fully saturated rings. The third-order valence-corrected chi connectivity index (χ3v) is 13.5. The number of carbonyl (C=O) groups excluding carboxylic acids is 2. The Balaban J connectivity index is 3.43. The van der Waals surface area contributed by atoms with Crippen molar-refractivity contribution in [3.05, 3.63) is 24.3 Å². The quantitative estimate of drug-likeness (QED) is 0.0321. The third kappa shape index (κ3) is 51.6. The van der Waals surface area contributed by atoms with Crippen molar-refractivity contribution in [2.45, 2.75) is 328 Å². The summed E-state index contributed by atoms with van der Waals surface area (Å²) in [6.07, 6.45) is 65.9. The molecule has 0 spiro atoms. The Morgan fingerprint density at radius 2 is 0.800 bits per heavy atom. The van der Waals surface area contributed by atoms with Crippen LogP contribution in [-0.2, 0) is 14.3 Å². The minimum atomic E-state index is -0.670. The van der Waals surface area contributed by atoms with Gasteiger partial charge >= 0.3 is 5.97 Å². The Kier molecular flexibility index (Phi) is 53.5. The number of unbranched alkanes of at least 4 members (excludes halogenated alkanes) is 39. The SMILES string of the molecule is CCC/C=C\C/C=C\CCCCCCCC(=O)OCCCCCCCCCCCCCCCCCCC(=O)NC(CO)C(O)CCCCCCCCCCCCCCCCCCCCC. The van der Waals surface area contributed by atoms with Gasteiger partial charge in [0.25, 0.3) is 0 Å². The zero-order valence-corrected chi connectivity index (χ0v) is 43.7. The summed E-state index contributed by atoms with van der Waals surface area (Å²) in [5.41, 5.74) is 0. The van der Waals surface area contributed by atoms with E-state index < -0.39 is 12.1 Å². The number of aliphatic hydroxyl groups excluding tert-OH is 2. The molecule has 384 valence electrons. The normalized spacial score (nSPS) is 12.7. The van der Waals surface area contributed by atoms with Crippen LogP contribution in [0.25, 0.3) is 0 Å². The summed E-state index contributed by atoms with van der Waals surface area (Å²) in [5.74, 6) is -0.0515. The second kappa shape index (κ2) is 54.9. The smallest absolute Gasteiger partial charge is 0.305 e. The maximum absolute atomic E-state index is 12.5. The van der Waals surface area contributed by atoms with E-state index in [0.717, 1.165) is 57.8 Å². The predicted molar refractivity (Wildman–Crippen MR) is 283 cm³/mol. The fraction of sp³-hybridized carbons (Fsp3) is 0.898. The monoisotopic (exact) mass is 916 g/mol. The van der Waals surface area contributed by atoms with E-state index in [1.54, 1.807) is 0 Å². The van der Waals surface area contributed by atoms with E-state index in [9.17, 15) is 19.8 Å². The Morgan fingerprint density at radius 1 is 0.431 bits per heavy atom. The Morgan fingerprint density at radius 3 is 1.23 bits per heavy atom. The van der Waals surface area contributed by atoms with Gasteiger partial charge in [0.15, 0.2) is 0 Å². The molecular weight excluding hydrogens is 803 g/mol. The van der Waals surface area contributed by atoms with Crippen molar-refractivity contribution in [3.63, 3.8) is 0 Å². The molecule has 1 amide bonds. The number of carbonyl (C=O) groups is 2. The van der Waals surface area contributed by atoms with Crippen molar-refractivity contribution in [2.24, 2.45) is 0 Å². The van der Waals surface area contributed by atoms with Gasteiger partial charge in [0.1, 0.15) is 0 Å². The van der Waals surface area contributed by atoms with Crippen LogP contribution in [0, 0.1) is 0 Å². The molecule has 6 nitrogen and oxygen atoms in total. The van der Waals surface area contributed by atoms with Crippen LogP contribution in [0.3, 0.4) is 0 Å². The molecule has 2 unspecified atom stereocenters. The maximum Gasteiger partial charge on any atom is 0.305 e. The van der Waals surface area contributed by atoms with Gasteiger partial charge in [0.2, 0.25) is 5.91 Å². The van der Waals surface area contributed by atoms with Gasteiger partial charge in [0.05, 0.1) is 25.4 Å². The Labute approximate surface area is 405 Å². The predicted octanol–water partition coefficient (Wildman–Crippen LogP) is 17.9. The first-order valence-corrected chi connectivity index (χ1v) is 29.1. The molecule has 0 radical (unpaired) electrons. The molecule has 0 rings (SSSR count). The molecule has 0 aliphatic rings. The van der Waals surface area contributed by atoms with Crippen molar-refractivity contribution in [3.8, 4) is 0 Å². The summed E-state index contributed by atoms with van der Waals surface area (Å²) in [6, 6.07) is -0.547. The van der Waals surface area contributed by atoms with Crippen LogP contribution < -0.4 is 5.32 Å². The second-order valence-electron chi connectivity index (χ2n) is 20.0. The lowest BCUT2D eigenvalue weighted by atomic mass is 10.0. The van der Waals surface area contributed by atoms with Gasteiger partial charge in [-0.05, 0) is 51.4 Å².